The van der Waals surface area contributed by atoms with E-state index in [4.69, 9.17) is 4.74 Å². The number of anilines is 1. The topological polar surface area (TPSA) is 24.5 Å². The van der Waals surface area contributed by atoms with Crippen molar-refractivity contribution in [2.45, 2.75) is 51.7 Å². The number of rotatable bonds is 4. The molecule has 0 atom stereocenters. The molecule has 1 saturated heterocycles. The van der Waals surface area contributed by atoms with Gasteiger partial charge in [-0.15, -0.1) is 0 Å². The zero-order valence-electron chi connectivity index (χ0n) is 12.7. The van der Waals surface area contributed by atoms with Gasteiger partial charge >= 0.3 is 0 Å². The van der Waals surface area contributed by atoms with E-state index in [2.05, 4.69) is 42.3 Å². The van der Waals surface area contributed by atoms with Gasteiger partial charge in [-0.05, 0) is 50.3 Å². The highest BCUT2D eigenvalue weighted by Gasteiger charge is 2.23. The van der Waals surface area contributed by atoms with Gasteiger partial charge in [0.1, 0.15) is 0 Å². The second-order valence-corrected chi connectivity index (χ2v) is 6.22. The van der Waals surface area contributed by atoms with Gasteiger partial charge < -0.3 is 15.0 Å². The van der Waals surface area contributed by atoms with Crippen LogP contribution >= 0.6 is 0 Å². The zero-order chi connectivity index (χ0) is 13.9. The minimum absolute atomic E-state index is 0.593. The Hall–Kier alpha value is -1.06. The first-order chi connectivity index (χ1) is 9.75. The summed E-state index contributed by atoms with van der Waals surface area (Å²) in [5.74, 6) is 0. The summed E-state index contributed by atoms with van der Waals surface area (Å²) in [7, 11) is 0. The number of nitrogens with one attached hydrogen (secondary N) is 1. The molecule has 0 saturated carbocycles. The maximum Gasteiger partial charge on any atom is 0.0480 e. The number of hydrogen-bond acceptors (Lipinski definition) is 3. The lowest BCUT2D eigenvalue weighted by atomic mass is 10.0. The molecule has 0 radical (unpaired) electrons. The van der Waals surface area contributed by atoms with E-state index >= 15 is 0 Å². The van der Waals surface area contributed by atoms with Crippen molar-refractivity contribution in [3.63, 3.8) is 0 Å². The largest absolute Gasteiger partial charge is 0.381 e. The molecule has 3 nitrogen and oxygen atoms in total. The summed E-state index contributed by atoms with van der Waals surface area (Å²) in [5, 5.41) is 3.71. The first-order valence-electron chi connectivity index (χ1n) is 7.94. The van der Waals surface area contributed by atoms with Crippen molar-refractivity contribution in [3.05, 3.63) is 29.3 Å². The van der Waals surface area contributed by atoms with E-state index in [0.717, 1.165) is 32.6 Å². The monoisotopic (exact) mass is 274 g/mol. The molecule has 1 N–H and O–H groups in total. The molecule has 0 aromatic heterocycles. The quantitative estimate of drug-likeness (QED) is 0.913. The van der Waals surface area contributed by atoms with E-state index in [0.29, 0.717) is 12.1 Å². The van der Waals surface area contributed by atoms with E-state index in [-0.39, 0.29) is 0 Å². The fourth-order valence-electron chi connectivity index (χ4n) is 3.39. The predicted octanol–water partition coefficient (Wildman–Crippen LogP) is 2.73. The molecule has 0 aliphatic carbocycles. The van der Waals surface area contributed by atoms with Gasteiger partial charge in [-0.25, -0.2) is 0 Å². The minimum Gasteiger partial charge on any atom is -0.381 e. The summed E-state index contributed by atoms with van der Waals surface area (Å²) in [6.45, 7) is 8.54. The molecular formula is C17H26N2O. The number of benzene rings is 1. The number of fused-ring (bicyclic) bond motifs is 1. The van der Waals surface area contributed by atoms with Crippen LogP contribution in [0.3, 0.4) is 0 Å². The van der Waals surface area contributed by atoms with Crippen LogP contribution in [0.25, 0.3) is 0 Å². The summed E-state index contributed by atoms with van der Waals surface area (Å²) < 4.78 is 5.42. The molecule has 0 amide bonds. The molecule has 0 spiro atoms. The van der Waals surface area contributed by atoms with Crippen LogP contribution < -0.4 is 10.2 Å². The first-order valence-corrected chi connectivity index (χ1v) is 7.94. The molecule has 20 heavy (non-hydrogen) atoms. The minimum atomic E-state index is 0.593. The average Bonchev–Trinajstić information content (AvgIpc) is 2.91. The number of ether oxygens (including phenoxy) is 1. The van der Waals surface area contributed by atoms with Gasteiger partial charge in [0, 0.05) is 44.1 Å². The summed E-state index contributed by atoms with van der Waals surface area (Å²) in [4.78, 5) is 2.52. The van der Waals surface area contributed by atoms with Gasteiger partial charge in [0.05, 0.1) is 0 Å². The zero-order valence-corrected chi connectivity index (χ0v) is 12.7. The molecule has 2 heterocycles. The van der Waals surface area contributed by atoms with Crippen molar-refractivity contribution in [1.82, 2.24) is 5.32 Å². The summed E-state index contributed by atoms with van der Waals surface area (Å²) in [5.41, 5.74) is 4.49. The SMILES string of the molecule is CC(C)N1CCc2c(CNC3CCOCC3)cccc21. The molecule has 110 valence electrons. The second kappa shape index (κ2) is 6.15. The van der Waals surface area contributed by atoms with Crippen LogP contribution in [-0.2, 0) is 17.7 Å². The highest BCUT2D eigenvalue weighted by molar-refractivity contribution is 5.61. The van der Waals surface area contributed by atoms with Gasteiger partial charge in [-0.3, -0.25) is 0 Å². The van der Waals surface area contributed by atoms with E-state index in [1.807, 2.05) is 0 Å². The number of nitrogens with zero attached hydrogens (tertiary/aromatic N) is 1. The highest BCUT2D eigenvalue weighted by atomic mass is 16.5. The summed E-state index contributed by atoms with van der Waals surface area (Å²) in [6, 6.07) is 7.99. The van der Waals surface area contributed by atoms with Crippen molar-refractivity contribution in [2.24, 2.45) is 0 Å². The van der Waals surface area contributed by atoms with E-state index < -0.39 is 0 Å². The van der Waals surface area contributed by atoms with E-state index in [1.54, 1.807) is 5.56 Å². The lowest BCUT2D eigenvalue weighted by molar-refractivity contribution is 0.0776. The average molecular weight is 274 g/mol. The highest BCUT2D eigenvalue weighted by Crippen LogP contribution is 2.32. The maximum atomic E-state index is 5.42. The van der Waals surface area contributed by atoms with Gasteiger partial charge in [0.25, 0.3) is 0 Å². The fraction of sp³-hybridized carbons (Fsp3) is 0.647. The lowest BCUT2D eigenvalue weighted by Crippen LogP contribution is -2.34. The second-order valence-electron chi connectivity index (χ2n) is 6.22. The van der Waals surface area contributed by atoms with Crippen LogP contribution in [0.1, 0.15) is 37.8 Å². The third kappa shape index (κ3) is 2.84. The normalized spacial score (nSPS) is 19.6. The van der Waals surface area contributed by atoms with Crippen molar-refractivity contribution in [3.8, 4) is 0 Å². The van der Waals surface area contributed by atoms with Crippen LogP contribution in [0.5, 0.6) is 0 Å². The standard InChI is InChI=1S/C17H26N2O/c1-13(2)19-9-6-16-14(4-3-5-17(16)19)12-18-15-7-10-20-11-8-15/h3-5,13,15,18H,6-12H2,1-2H3. The molecule has 1 aromatic rings. The molecule has 0 bridgehead atoms. The van der Waals surface area contributed by atoms with E-state index in [9.17, 15) is 0 Å². The van der Waals surface area contributed by atoms with Crippen molar-refractivity contribution in [2.75, 3.05) is 24.7 Å². The third-order valence-electron chi connectivity index (χ3n) is 4.59. The van der Waals surface area contributed by atoms with Crippen LogP contribution in [-0.4, -0.2) is 31.8 Å². The lowest BCUT2D eigenvalue weighted by Gasteiger charge is -2.25. The van der Waals surface area contributed by atoms with Crippen LogP contribution in [0.4, 0.5) is 5.69 Å². The molecular weight excluding hydrogens is 248 g/mol. The molecule has 1 aromatic carbocycles. The smallest absolute Gasteiger partial charge is 0.0480 e. The molecule has 2 aliphatic heterocycles. The predicted molar refractivity (Wildman–Crippen MR) is 83.3 cm³/mol. The van der Waals surface area contributed by atoms with Crippen LogP contribution in [0.2, 0.25) is 0 Å². The Kier molecular flexibility index (Phi) is 4.27. The molecule has 3 heteroatoms. The van der Waals surface area contributed by atoms with Gasteiger partial charge in [-0.1, -0.05) is 12.1 Å². The Labute approximate surface area is 122 Å². The van der Waals surface area contributed by atoms with Gasteiger partial charge in [0.2, 0.25) is 0 Å². The molecule has 1 fully saturated rings. The fourth-order valence-corrected chi connectivity index (χ4v) is 3.39. The molecule has 0 unspecified atom stereocenters. The van der Waals surface area contributed by atoms with E-state index in [1.165, 1.54) is 24.2 Å². The van der Waals surface area contributed by atoms with Crippen LogP contribution in [0.15, 0.2) is 18.2 Å². The Morgan fingerprint density at radius 2 is 2.10 bits per heavy atom. The number of hydrogen-bond donors (Lipinski definition) is 1. The van der Waals surface area contributed by atoms with Crippen molar-refractivity contribution >= 4 is 5.69 Å². The Balaban J connectivity index is 1.68. The summed E-state index contributed by atoms with van der Waals surface area (Å²) >= 11 is 0. The van der Waals surface area contributed by atoms with Crippen molar-refractivity contribution < 1.29 is 4.74 Å². The summed E-state index contributed by atoms with van der Waals surface area (Å²) in [6.07, 6.45) is 3.49. The van der Waals surface area contributed by atoms with Gasteiger partial charge in [0.15, 0.2) is 0 Å². The molecule has 2 aliphatic rings. The Morgan fingerprint density at radius 1 is 1.30 bits per heavy atom. The maximum absolute atomic E-state index is 5.42. The molecule has 3 rings (SSSR count). The first kappa shape index (κ1) is 13.9. The van der Waals surface area contributed by atoms with Crippen molar-refractivity contribution in [1.29, 1.82) is 0 Å². The van der Waals surface area contributed by atoms with Crippen LogP contribution in [0, 0.1) is 0 Å². The van der Waals surface area contributed by atoms with Gasteiger partial charge in [-0.2, -0.15) is 0 Å². The Bertz CT molecular complexity index is 452. The third-order valence-corrected chi connectivity index (χ3v) is 4.59. The Morgan fingerprint density at radius 3 is 2.85 bits per heavy atom.